The molecule has 2 aromatic heterocycles. The molecule has 2 heterocycles. The molecule has 0 radical (unpaired) electrons. The molecule has 0 aromatic carbocycles. The third-order valence-corrected chi connectivity index (χ3v) is 4.95. The number of nitriles is 1. The first kappa shape index (κ1) is 14.5. The second-order valence-electron chi connectivity index (χ2n) is 5.42. The largest absolute Gasteiger partial charge is 0.383 e. The summed E-state index contributed by atoms with van der Waals surface area (Å²) in [7, 11) is 0. The summed E-state index contributed by atoms with van der Waals surface area (Å²) in [5.74, 6) is 0.602. The summed E-state index contributed by atoms with van der Waals surface area (Å²) in [6.07, 6.45) is 7.34. The average Bonchev–Trinajstić information content (AvgIpc) is 2.86. The number of allylic oxidation sites excluding steroid dienone is 2. The molecule has 4 N–H and O–H groups in total. The van der Waals surface area contributed by atoms with Crippen LogP contribution in [0.2, 0.25) is 0 Å². The van der Waals surface area contributed by atoms with Crippen LogP contribution in [0, 0.1) is 18.3 Å². The molecular weight excluding hydrogens is 294 g/mol. The van der Waals surface area contributed by atoms with Crippen LogP contribution in [0.1, 0.15) is 42.0 Å². The van der Waals surface area contributed by atoms with Gasteiger partial charge in [0.1, 0.15) is 11.9 Å². The number of nitrogens with zero attached hydrogens (tertiary/aromatic N) is 3. The van der Waals surface area contributed by atoms with Gasteiger partial charge in [-0.3, -0.25) is 0 Å². The van der Waals surface area contributed by atoms with Gasteiger partial charge < -0.3 is 11.5 Å². The minimum Gasteiger partial charge on any atom is -0.383 e. The lowest BCUT2D eigenvalue weighted by Gasteiger charge is -2.20. The Morgan fingerprint density at radius 3 is 2.73 bits per heavy atom. The molecule has 0 amide bonds. The van der Waals surface area contributed by atoms with E-state index in [4.69, 9.17) is 11.5 Å². The van der Waals surface area contributed by atoms with E-state index in [1.54, 1.807) is 0 Å². The van der Waals surface area contributed by atoms with Crippen molar-refractivity contribution >= 4 is 22.3 Å². The van der Waals surface area contributed by atoms with E-state index < -0.39 is 0 Å². The molecule has 0 saturated carbocycles. The first-order valence-electron chi connectivity index (χ1n) is 7.19. The highest BCUT2D eigenvalue weighted by atomic mass is 32.1. The maximum absolute atomic E-state index is 9.43. The van der Waals surface area contributed by atoms with Crippen LogP contribution in [0.4, 0.5) is 10.9 Å². The Morgan fingerprint density at radius 1 is 1.32 bits per heavy atom. The Kier molecular flexibility index (Phi) is 3.82. The fourth-order valence-electron chi connectivity index (χ4n) is 2.88. The molecule has 112 valence electrons. The van der Waals surface area contributed by atoms with Crippen molar-refractivity contribution in [3.63, 3.8) is 0 Å². The number of pyridine rings is 1. The number of nitrogens with two attached hydrogens (primary N) is 2. The molecule has 5 nitrogen and oxygen atoms in total. The molecule has 3 rings (SSSR count). The molecule has 6 heteroatoms. The van der Waals surface area contributed by atoms with Crippen molar-refractivity contribution in [2.24, 2.45) is 0 Å². The van der Waals surface area contributed by atoms with Gasteiger partial charge in [-0.2, -0.15) is 5.26 Å². The van der Waals surface area contributed by atoms with E-state index in [0.717, 1.165) is 41.1 Å². The number of thiazole rings is 1. The van der Waals surface area contributed by atoms with Gasteiger partial charge in [0, 0.05) is 0 Å². The summed E-state index contributed by atoms with van der Waals surface area (Å²) in [4.78, 5) is 9.56. The smallest absolute Gasteiger partial charge is 0.180 e. The lowest BCUT2D eigenvalue weighted by atomic mass is 9.85. The maximum Gasteiger partial charge on any atom is 0.180 e. The zero-order valence-corrected chi connectivity index (χ0v) is 13.2. The fraction of sp³-hybridized carbons (Fsp3) is 0.312. The van der Waals surface area contributed by atoms with Crippen molar-refractivity contribution in [1.82, 2.24) is 9.97 Å². The van der Waals surface area contributed by atoms with Gasteiger partial charge in [0.25, 0.3) is 0 Å². The number of aromatic nitrogens is 2. The van der Waals surface area contributed by atoms with Crippen molar-refractivity contribution in [2.45, 2.75) is 32.1 Å². The van der Waals surface area contributed by atoms with Crippen LogP contribution in [0.25, 0.3) is 10.6 Å². The molecule has 0 fully saturated rings. The Bertz CT molecular complexity index is 785. The van der Waals surface area contributed by atoms with Gasteiger partial charge in [0.15, 0.2) is 5.13 Å². The van der Waals surface area contributed by atoms with Crippen LogP contribution >= 0.6 is 11.3 Å². The van der Waals surface area contributed by atoms with Gasteiger partial charge in [-0.05, 0) is 43.7 Å². The number of hydrogen-bond donors (Lipinski definition) is 2. The van der Waals surface area contributed by atoms with Crippen molar-refractivity contribution in [1.29, 1.82) is 5.26 Å². The Morgan fingerprint density at radius 2 is 2.14 bits per heavy atom. The van der Waals surface area contributed by atoms with E-state index in [2.05, 4.69) is 28.2 Å². The first-order valence-corrected chi connectivity index (χ1v) is 8.00. The van der Waals surface area contributed by atoms with Gasteiger partial charge in [-0.1, -0.05) is 23.5 Å². The number of hydrogen-bond acceptors (Lipinski definition) is 6. The van der Waals surface area contributed by atoms with Gasteiger partial charge >= 0.3 is 0 Å². The fourth-order valence-corrected chi connectivity index (χ4v) is 3.67. The molecule has 1 aliphatic carbocycles. The molecule has 0 unspecified atom stereocenters. The lowest BCUT2D eigenvalue weighted by Crippen LogP contribution is -2.08. The third kappa shape index (κ3) is 2.55. The van der Waals surface area contributed by atoms with Crippen molar-refractivity contribution in [3.05, 3.63) is 35.0 Å². The van der Waals surface area contributed by atoms with Crippen LogP contribution in [0.3, 0.4) is 0 Å². The highest BCUT2D eigenvalue weighted by Crippen LogP contribution is 2.37. The van der Waals surface area contributed by atoms with Gasteiger partial charge in [0.2, 0.25) is 0 Å². The number of nitrogen functional groups attached to an aromatic ring is 2. The summed E-state index contributed by atoms with van der Waals surface area (Å²) in [6.45, 7) is 1.90. The van der Waals surface area contributed by atoms with E-state index in [9.17, 15) is 5.26 Å². The second kappa shape index (κ2) is 5.78. The monoisotopic (exact) mass is 311 g/mol. The van der Waals surface area contributed by atoms with Gasteiger partial charge in [-0.25, -0.2) is 9.97 Å². The topological polar surface area (TPSA) is 102 Å². The third-order valence-electron chi connectivity index (χ3n) is 3.94. The zero-order chi connectivity index (χ0) is 15.7. The number of anilines is 2. The van der Waals surface area contributed by atoms with Crippen LogP contribution in [0.5, 0.6) is 0 Å². The summed E-state index contributed by atoms with van der Waals surface area (Å²) >= 11 is 1.40. The Hall–Kier alpha value is -2.39. The minimum absolute atomic E-state index is 0.288. The Labute approximate surface area is 133 Å². The van der Waals surface area contributed by atoms with Crippen molar-refractivity contribution in [3.8, 4) is 16.6 Å². The predicted molar refractivity (Wildman–Crippen MR) is 89.4 cm³/mol. The highest BCUT2D eigenvalue weighted by Gasteiger charge is 2.21. The molecular formula is C16H17N5S. The summed E-state index contributed by atoms with van der Waals surface area (Å²) < 4.78 is 0. The minimum atomic E-state index is 0.288. The normalized spacial score (nSPS) is 17.4. The molecule has 22 heavy (non-hydrogen) atoms. The van der Waals surface area contributed by atoms with Crippen molar-refractivity contribution in [2.75, 3.05) is 11.5 Å². The van der Waals surface area contributed by atoms with E-state index >= 15 is 0 Å². The summed E-state index contributed by atoms with van der Waals surface area (Å²) in [5.41, 5.74) is 14.9. The van der Waals surface area contributed by atoms with Crippen LogP contribution in [-0.4, -0.2) is 9.97 Å². The van der Waals surface area contributed by atoms with Crippen LogP contribution in [0.15, 0.2) is 18.2 Å². The van der Waals surface area contributed by atoms with Crippen LogP contribution in [-0.2, 0) is 0 Å². The van der Waals surface area contributed by atoms with Crippen molar-refractivity contribution < 1.29 is 0 Å². The molecule has 0 bridgehead atoms. The summed E-state index contributed by atoms with van der Waals surface area (Å²) in [5, 5.41) is 9.95. The summed E-state index contributed by atoms with van der Waals surface area (Å²) in [6, 6.07) is 4.20. The van der Waals surface area contributed by atoms with E-state index in [0.29, 0.717) is 16.6 Å². The number of rotatable bonds is 2. The standard InChI is InChI=1S/C16H17N5S/c1-9-14(22-16(19)20-9)13-7-11(10-5-3-2-4-6-10)12(8-17)15(18)21-13/h2-3,7,10H,4-6H2,1H3,(H2,18,21)(H2,19,20)/t10-/m1/s1. The predicted octanol–water partition coefficient (Wildman–Crippen LogP) is 3.37. The average molecular weight is 311 g/mol. The highest BCUT2D eigenvalue weighted by molar-refractivity contribution is 7.18. The zero-order valence-electron chi connectivity index (χ0n) is 12.3. The molecule has 0 aliphatic heterocycles. The molecule has 1 atom stereocenters. The second-order valence-corrected chi connectivity index (χ2v) is 6.45. The molecule has 1 aliphatic rings. The van der Waals surface area contributed by atoms with Gasteiger partial charge in [-0.15, -0.1) is 0 Å². The SMILES string of the molecule is Cc1nc(N)sc1-c1cc([C@@H]2CC=CCC2)c(C#N)c(N)n1. The maximum atomic E-state index is 9.43. The molecule has 2 aromatic rings. The first-order chi connectivity index (χ1) is 10.6. The van der Waals surface area contributed by atoms with E-state index in [1.807, 2.05) is 13.0 Å². The van der Waals surface area contributed by atoms with Crippen LogP contribution < -0.4 is 11.5 Å². The van der Waals surface area contributed by atoms with Gasteiger partial charge in [0.05, 0.1) is 21.8 Å². The molecule has 0 saturated heterocycles. The number of aryl methyl sites for hydroxylation is 1. The van der Waals surface area contributed by atoms with E-state index in [1.165, 1.54) is 11.3 Å². The van der Waals surface area contributed by atoms with E-state index in [-0.39, 0.29) is 5.82 Å². The Balaban J connectivity index is 2.14. The lowest BCUT2D eigenvalue weighted by molar-refractivity contribution is 0.615. The quantitative estimate of drug-likeness (QED) is 0.828. The molecule has 0 spiro atoms.